The number of piperazine rings is 1. The molecular weight excluding hydrogens is 369 g/mol. The molecule has 1 N–H and O–H groups in total. The molecule has 0 spiro atoms. The lowest BCUT2D eigenvalue weighted by Crippen LogP contribution is -3.12. The van der Waals surface area contributed by atoms with Crippen molar-refractivity contribution in [2.45, 2.75) is 31.9 Å². The Morgan fingerprint density at radius 3 is 2.36 bits per heavy atom. The van der Waals surface area contributed by atoms with Crippen molar-refractivity contribution in [3.05, 3.63) is 46.8 Å². The van der Waals surface area contributed by atoms with Gasteiger partial charge in [-0.1, -0.05) is 0 Å². The number of fused-ring (bicyclic) bond motifs is 1. The highest BCUT2D eigenvalue weighted by atomic mass is 19.4. The molecule has 8 heteroatoms. The smallest absolute Gasteiger partial charge is 0.334 e. The zero-order valence-electron chi connectivity index (χ0n) is 15.9. The van der Waals surface area contributed by atoms with Gasteiger partial charge >= 0.3 is 6.18 Å². The standard InChI is InChI=1S/C20H23F3N4O/c1-25-10-12-26(13-11-25)19(28)14-6-8-15(9-7-14)27-17-5-3-2-4-16(17)18(24-27)20(21,22)23/h6-9H,2-5,10-13H2,1H3/p+1. The van der Waals surface area contributed by atoms with Crippen LogP contribution in [0, 0.1) is 0 Å². The molecule has 1 aliphatic heterocycles. The zero-order valence-corrected chi connectivity index (χ0v) is 15.9. The summed E-state index contributed by atoms with van der Waals surface area (Å²) < 4.78 is 41.5. The molecule has 0 bridgehead atoms. The Hall–Kier alpha value is -2.35. The number of carbonyl (C=O) groups excluding carboxylic acids is 1. The molecule has 2 aromatic rings. The molecule has 1 fully saturated rings. The monoisotopic (exact) mass is 393 g/mol. The quantitative estimate of drug-likeness (QED) is 0.845. The highest BCUT2D eigenvalue weighted by molar-refractivity contribution is 5.94. The van der Waals surface area contributed by atoms with E-state index in [0.717, 1.165) is 25.9 Å². The van der Waals surface area contributed by atoms with Gasteiger partial charge in [0.1, 0.15) is 0 Å². The Morgan fingerprint density at radius 2 is 1.71 bits per heavy atom. The first kappa shape index (κ1) is 19.0. The van der Waals surface area contributed by atoms with Crippen LogP contribution < -0.4 is 4.90 Å². The number of likely N-dealkylation sites (N-methyl/N-ethyl adjacent to an activating group) is 1. The van der Waals surface area contributed by atoms with Crippen LogP contribution in [0.1, 0.15) is 40.2 Å². The minimum atomic E-state index is -4.45. The Morgan fingerprint density at radius 1 is 1.07 bits per heavy atom. The van der Waals surface area contributed by atoms with Crippen LogP contribution in [-0.4, -0.2) is 53.8 Å². The van der Waals surface area contributed by atoms with Crippen LogP contribution in [0.15, 0.2) is 24.3 Å². The summed E-state index contributed by atoms with van der Waals surface area (Å²) in [6, 6.07) is 6.76. The van der Waals surface area contributed by atoms with Crippen LogP contribution in [-0.2, 0) is 19.0 Å². The maximum atomic E-state index is 13.4. The first-order valence-corrected chi connectivity index (χ1v) is 9.73. The van der Waals surface area contributed by atoms with E-state index in [1.165, 1.54) is 9.58 Å². The van der Waals surface area contributed by atoms with Crippen molar-refractivity contribution in [1.82, 2.24) is 14.7 Å². The highest BCUT2D eigenvalue weighted by Crippen LogP contribution is 2.36. The summed E-state index contributed by atoms with van der Waals surface area (Å²) in [4.78, 5) is 15.9. The molecule has 1 aromatic carbocycles. The van der Waals surface area contributed by atoms with E-state index in [9.17, 15) is 18.0 Å². The average Bonchev–Trinajstić information content (AvgIpc) is 3.08. The van der Waals surface area contributed by atoms with E-state index in [-0.39, 0.29) is 5.91 Å². The Kier molecular flexibility index (Phi) is 4.91. The molecule has 4 rings (SSSR count). The third-order valence-electron chi connectivity index (χ3n) is 5.71. The minimum Gasteiger partial charge on any atom is -0.334 e. The van der Waals surface area contributed by atoms with Crippen molar-refractivity contribution < 1.29 is 22.9 Å². The number of alkyl halides is 3. The minimum absolute atomic E-state index is 0.0301. The number of halogens is 3. The van der Waals surface area contributed by atoms with Gasteiger partial charge in [-0.05, 0) is 49.9 Å². The molecule has 28 heavy (non-hydrogen) atoms. The number of nitrogens with one attached hydrogen (secondary N) is 1. The number of carbonyl (C=O) groups is 1. The summed E-state index contributed by atoms with van der Waals surface area (Å²) in [5.41, 5.74) is 1.30. The van der Waals surface area contributed by atoms with Crippen molar-refractivity contribution in [3.8, 4) is 5.69 Å². The maximum absolute atomic E-state index is 13.4. The lowest BCUT2D eigenvalue weighted by atomic mass is 9.95. The van der Waals surface area contributed by atoms with Crippen molar-refractivity contribution in [2.75, 3.05) is 33.2 Å². The molecular formula is C20H24F3N4O+. The SMILES string of the molecule is C[NH+]1CCN(C(=O)c2ccc(-n3nc(C(F)(F)F)c4c3CCCC4)cc2)CC1. The second kappa shape index (κ2) is 7.24. The van der Waals surface area contributed by atoms with Gasteiger partial charge < -0.3 is 9.80 Å². The van der Waals surface area contributed by atoms with E-state index in [1.54, 1.807) is 24.3 Å². The van der Waals surface area contributed by atoms with Crippen molar-refractivity contribution >= 4 is 5.91 Å². The summed E-state index contributed by atoms with van der Waals surface area (Å²) >= 11 is 0. The van der Waals surface area contributed by atoms with Crippen LogP contribution in [0.25, 0.3) is 5.69 Å². The van der Waals surface area contributed by atoms with E-state index in [0.29, 0.717) is 48.4 Å². The molecule has 0 radical (unpaired) electrons. The van der Waals surface area contributed by atoms with Crippen LogP contribution in [0.5, 0.6) is 0 Å². The molecule has 5 nitrogen and oxygen atoms in total. The molecule has 1 saturated heterocycles. The average molecular weight is 393 g/mol. The Labute approximate surface area is 161 Å². The molecule has 150 valence electrons. The van der Waals surface area contributed by atoms with E-state index in [4.69, 9.17) is 0 Å². The summed E-state index contributed by atoms with van der Waals surface area (Å²) in [5, 5.41) is 3.90. The third-order valence-corrected chi connectivity index (χ3v) is 5.71. The van der Waals surface area contributed by atoms with Gasteiger partial charge in [-0.3, -0.25) is 4.79 Å². The number of benzene rings is 1. The normalized spacial score (nSPS) is 18.2. The lowest BCUT2D eigenvalue weighted by Gasteiger charge is -2.30. The number of rotatable bonds is 2. The number of quaternary nitrogens is 1. The highest BCUT2D eigenvalue weighted by Gasteiger charge is 2.39. The topological polar surface area (TPSA) is 42.6 Å². The Bertz CT molecular complexity index is 865. The van der Waals surface area contributed by atoms with Crippen molar-refractivity contribution in [3.63, 3.8) is 0 Å². The van der Waals surface area contributed by atoms with Crippen LogP contribution in [0.2, 0.25) is 0 Å². The van der Waals surface area contributed by atoms with Gasteiger partial charge in [0.2, 0.25) is 0 Å². The number of amides is 1. The molecule has 2 heterocycles. The maximum Gasteiger partial charge on any atom is 0.435 e. The second-order valence-electron chi connectivity index (χ2n) is 7.69. The summed E-state index contributed by atoms with van der Waals surface area (Å²) in [6.45, 7) is 3.27. The molecule has 2 aliphatic rings. The van der Waals surface area contributed by atoms with E-state index < -0.39 is 11.9 Å². The summed E-state index contributed by atoms with van der Waals surface area (Å²) in [5.74, 6) is -0.0301. The van der Waals surface area contributed by atoms with Gasteiger partial charge in [0.15, 0.2) is 5.69 Å². The summed E-state index contributed by atoms with van der Waals surface area (Å²) in [6.07, 6.45) is -1.85. The number of aromatic nitrogens is 2. The summed E-state index contributed by atoms with van der Waals surface area (Å²) in [7, 11) is 2.11. The molecule has 1 amide bonds. The zero-order chi connectivity index (χ0) is 19.9. The largest absolute Gasteiger partial charge is 0.435 e. The predicted molar refractivity (Wildman–Crippen MR) is 97.7 cm³/mol. The van der Waals surface area contributed by atoms with Crippen molar-refractivity contribution in [2.24, 2.45) is 0 Å². The van der Waals surface area contributed by atoms with E-state index >= 15 is 0 Å². The number of nitrogens with zero attached hydrogens (tertiary/aromatic N) is 3. The van der Waals surface area contributed by atoms with E-state index in [1.807, 2.05) is 4.90 Å². The van der Waals surface area contributed by atoms with Crippen LogP contribution in [0.3, 0.4) is 0 Å². The van der Waals surface area contributed by atoms with E-state index in [2.05, 4.69) is 12.1 Å². The van der Waals surface area contributed by atoms with Gasteiger partial charge in [-0.25, -0.2) is 4.68 Å². The molecule has 0 unspecified atom stereocenters. The third kappa shape index (κ3) is 3.53. The fraction of sp³-hybridized carbons (Fsp3) is 0.500. The fourth-order valence-corrected chi connectivity index (χ4v) is 4.06. The fourth-order valence-electron chi connectivity index (χ4n) is 4.06. The Balaban J connectivity index is 1.61. The predicted octanol–water partition coefficient (Wildman–Crippen LogP) is 1.74. The van der Waals surface area contributed by atoms with Crippen LogP contribution >= 0.6 is 0 Å². The molecule has 0 atom stereocenters. The van der Waals surface area contributed by atoms with Gasteiger partial charge in [-0.15, -0.1) is 0 Å². The van der Waals surface area contributed by atoms with Gasteiger partial charge in [0.05, 0.1) is 38.9 Å². The molecule has 1 aromatic heterocycles. The van der Waals surface area contributed by atoms with Crippen molar-refractivity contribution in [1.29, 1.82) is 0 Å². The first-order chi connectivity index (χ1) is 13.3. The molecule has 1 aliphatic carbocycles. The lowest BCUT2D eigenvalue weighted by molar-refractivity contribution is -0.883. The van der Waals surface area contributed by atoms with Gasteiger partial charge in [0, 0.05) is 16.8 Å². The first-order valence-electron chi connectivity index (χ1n) is 9.73. The molecule has 0 saturated carbocycles. The second-order valence-corrected chi connectivity index (χ2v) is 7.69. The van der Waals surface area contributed by atoms with Gasteiger partial charge in [0.25, 0.3) is 5.91 Å². The van der Waals surface area contributed by atoms with Gasteiger partial charge in [-0.2, -0.15) is 18.3 Å². The number of hydrogen-bond acceptors (Lipinski definition) is 2. The van der Waals surface area contributed by atoms with Crippen LogP contribution in [0.4, 0.5) is 13.2 Å². The number of hydrogen-bond donors (Lipinski definition) is 1.